The van der Waals surface area contributed by atoms with Crippen molar-refractivity contribution in [3.8, 4) is 0 Å². The molecule has 0 saturated carbocycles. The number of nitrogens with zero attached hydrogens (tertiary/aromatic N) is 1. The molecule has 7 heteroatoms. The van der Waals surface area contributed by atoms with E-state index in [1.54, 1.807) is 23.1 Å². The first-order valence-corrected chi connectivity index (χ1v) is 9.09. The molecule has 3 rings (SSSR count). The number of carboxylic acid groups (broad SMARTS) is 1. The van der Waals surface area contributed by atoms with E-state index >= 15 is 0 Å². The highest BCUT2D eigenvalue weighted by atomic mass is 19.1. The van der Waals surface area contributed by atoms with Gasteiger partial charge in [-0.25, -0.2) is 9.18 Å². The number of amides is 2. The lowest BCUT2D eigenvalue weighted by Gasteiger charge is -2.31. The second-order valence-corrected chi connectivity index (χ2v) is 6.84. The van der Waals surface area contributed by atoms with E-state index in [0.29, 0.717) is 37.2 Å². The Bertz CT molecular complexity index is 891. The van der Waals surface area contributed by atoms with Crippen LogP contribution in [0.1, 0.15) is 28.8 Å². The Labute approximate surface area is 162 Å². The third-order valence-electron chi connectivity index (χ3n) is 4.84. The fourth-order valence-corrected chi connectivity index (χ4v) is 3.30. The maximum atomic E-state index is 13.2. The number of piperidine rings is 1. The van der Waals surface area contributed by atoms with Gasteiger partial charge in [0.25, 0.3) is 0 Å². The Morgan fingerprint density at radius 3 is 2.46 bits per heavy atom. The molecule has 28 heavy (non-hydrogen) atoms. The van der Waals surface area contributed by atoms with E-state index in [0.717, 1.165) is 0 Å². The Morgan fingerprint density at radius 2 is 1.79 bits per heavy atom. The number of hydrogen-bond donors (Lipinski definition) is 2. The molecule has 1 heterocycles. The van der Waals surface area contributed by atoms with Crippen molar-refractivity contribution in [2.24, 2.45) is 5.92 Å². The summed E-state index contributed by atoms with van der Waals surface area (Å²) < 4.78 is 13.2. The van der Waals surface area contributed by atoms with Crippen LogP contribution in [0.2, 0.25) is 0 Å². The molecule has 0 unspecified atom stereocenters. The molecule has 2 aromatic rings. The first-order valence-electron chi connectivity index (χ1n) is 9.09. The Balaban J connectivity index is 1.51. The van der Waals surface area contributed by atoms with Gasteiger partial charge in [-0.1, -0.05) is 18.2 Å². The number of hydrogen-bond acceptors (Lipinski definition) is 3. The molecular formula is C21H21FN2O4. The van der Waals surface area contributed by atoms with Gasteiger partial charge in [0.05, 0.1) is 12.0 Å². The smallest absolute Gasteiger partial charge is 0.335 e. The molecule has 0 atom stereocenters. The van der Waals surface area contributed by atoms with E-state index in [1.165, 1.54) is 30.3 Å². The lowest BCUT2D eigenvalue weighted by Crippen LogP contribution is -2.42. The van der Waals surface area contributed by atoms with Crippen molar-refractivity contribution in [3.63, 3.8) is 0 Å². The maximum Gasteiger partial charge on any atom is 0.335 e. The zero-order valence-electron chi connectivity index (χ0n) is 15.2. The highest BCUT2D eigenvalue weighted by Crippen LogP contribution is 2.21. The summed E-state index contributed by atoms with van der Waals surface area (Å²) in [5.41, 5.74) is 1.22. The van der Waals surface area contributed by atoms with Crippen LogP contribution in [0.3, 0.4) is 0 Å². The number of carbonyl (C=O) groups is 3. The lowest BCUT2D eigenvalue weighted by molar-refractivity contribution is -0.133. The molecule has 1 aliphatic rings. The van der Waals surface area contributed by atoms with Gasteiger partial charge in [-0.3, -0.25) is 9.59 Å². The van der Waals surface area contributed by atoms with Crippen molar-refractivity contribution in [2.45, 2.75) is 19.3 Å². The number of rotatable bonds is 5. The number of nitrogens with one attached hydrogen (secondary N) is 1. The molecule has 0 aromatic heterocycles. The van der Waals surface area contributed by atoms with Crippen molar-refractivity contribution in [3.05, 3.63) is 65.5 Å². The molecular weight excluding hydrogens is 363 g/mol. The fourth-order valence-electron chi connectivity index (χ4n) is 3.30. The van der Waals surface area contributed by atoms with Crippen LogP contribution in [-0.2, 0) is 16.0 Å². The molecule has 0 radical (unpaired) electrons. The number of carboxylic acids is 1. The molecule has 1 fully saturated rings. The van der Waals surface area contributed by atoms with E-state index in [2.05, 4.69) is 5.32 Å². The molecule has 2 amide bonds. The predicted molar refractivity (Wildman–Crippen MR) is 101 cm³/mol. The van der Waals surface area contributed by atoms with Gasteiger partial charge >= 0.3 is 5.97 Å². The van der Waals surface area contributed by atoms with Gasteiger partial charge < -0.3 is 15.3 Å². The van der Waals surface area contributed by atoms with Crippen LogP contribution >= 0.6 is 0 Å². The van der Waals surface area contributed by atoms with E-state index < -0.39 is 11.8 Å². The molecule has 1 aliphatic heterocycles. The van der Waals surface area contributed by atoms with Gasteiger partial charge in [-0.2, -0.15) is 0 Å². The normalized spacial score (nSPS) is 14.5. The molecule has 146 valence electrons. The molecule has 1 saturated heterocycles. The second-order valence-electron chi connectivity index (χ2n) is 6.84. The first-order chi connectivity index (χ1) is 13.4. The maximum absolute atomic E-state index is 13.2. The molecule has 0 aliphatic carbocycles. The van der Waals surface area contributed by atoms with Crippen molar-refractivity contribution in [1.82, 2.24) is 4.90 Å². The zero-order valence-corrected chi connectivity index (χ0v) is 15.2. The standard InChI is InChI=1S/C21H21FN2O4/c22-17-5-2-6-18(13-17)23-20(26)15-7-9-24(10-8-15)19(25)12-14-3-1-4-16(11-14)21(27)28/h1-6,11,13,15H,7-10,12H2,(H,23,26)(H,27,28). The SMILES string of the molecule is O=C(O)c1cccc(CC(=O)N2CCC(C(=O)Nc3cccc(F)c3)CC2)c1. The molecule has 2 N–H and O–H groups in total. The van der Waals surface area contributed by atoms with Crippen LogP contribution in [0.4, 0.5) is 10.1 Å². The van der Waals surface area contributed by atoms with E-state index in [4.69, 9.17) is 5.11 Å². The number of halogens is 1. The molecule has 0 bridgehead atoms. The summed E-state index contributed by atoms with van der Waals surface area (Å²) in [6.07, 6.45) is 1.19. The van der Waals surface area contributed by atoms with Gasteiger partial charge in [0.15, 0.2) is 0 Å². The number of carbonyl (C=O) groups excluding carboxylic acids is 2. The van der Waals surface area contributed by atoms with E-state index in [1.807, 2.05) is 0 Å². The first kappa shape index (κ1) is 19.5. The van der Waals surface area contributed by atoms with Crippen molar-refractivity contribution in [1.29, 1.82) is 0 Å². The number of aromatic carboxylic acids is 1. The number of benzene rings is 2. The Kier molecular flexibility index (Phi) is 6.03. The quantitative estimate of drug-likeness (QED) is 0.830. The number of likely N-dealkylation sites (tertiary alicyclic amines) is 1. The largest absolute Gasteiger partial charge is 0.478 e. The highest BCUT2D eigenvalue weighted by molar-refractivity contribution is 5.93. The monoisotopic (exact) mass is 384 g/mol. The van der Waals surface area contributed by atoms with Crippen molar-refractivity contribution < 1.29 is 23.9 Å². The van der Waals surface area contributed by atoms with Crippen LogP contribution in [0.15, 0.2) is 48.5 Å². The molecule has 2 aromatic carbocycles. The minimum Gasteiger partial charge on any atom is -0.478 e. The van der Waals surface area contributed by atoms with Gasteiger partial charge in [-0.15, -0.1) is 0 Å². The topological polar surface area (TPSA) is 86.7 Å². The summed E-state index contributed by atoms with van der Waals surface area (Å²) in [6, 6.07) is 12.1. The van der Waals surface area contributed by atoms with E-state index in [9.17, 15) is 18.8 Å². The average Bonchev–Trinajstić information content (AvgIpc) is 2.68. The summed E-state index contributed by atoms with van der Waals surface area (Å²) in [7, 11) is 0. The minimum absolute atomic E-state index is 0.0912. The number of anilines is 1. The minimum atomic E-state index is -1.03. The summed E-state index contributed by atoms with van der Waals surface area (Å²) in [5, 5.41) is 11.8. The Hall–Kier alpha value is -3.22. The van der Waals surface area contributed by atoms with Crippen LogP contribution in [0, 0.1) is 11.7 Å². The van der Waals surface area contributed by atoms with Crippen LogP contribution in [-0.4, -0.2) is 40.9 Å². The van der Waals surface area contributed by atoms with Gasteiger partial charge in [0.2, 0.25) is 11.8 Å². The van der Waals surface area contributed by atoms with Crippen molar-refractivity contribution >= 4 is 23.5 Å². The third kappa shape index (κ3) is 4.94. The summed E-state index contributed by atoms with van der Waals surface area (Å²) in [5.74, 6) is -1.94. The Morgan fingerprint density at radius 1 is 1.07 bits per heavy atom. The zero-order chi connectivity index (χ0) is 20.1. The van der Waals surface area contributed by atoms with E-state index in [-0.39, 0.29) is 29.7 Å². The van der Waals surface area contributed by atoms with Crippen LogP contribution in [0.25, 0.3) is 0 Å². The summed E-state index contributed by atoms with van der Waals surface area (Å²) >= 11 is 0. The highest BCUT2D eigenvalue weighted by Gasteiger charge is 2.27. The van der Waals surface area contributed by atoms with Crippen LogP contribution < -0.4 is 5.32 Å². The van der Waals surface area contributed by atoms with Gasteiger partial charge in [0, 0.05) is 24.7 Å². The summed E-state index contributed by atoms with van der Waals surface area (Å²) in [4.78, 5) is 37.6. The molecule has 6 nitrogen and oxygen atoms in total. The summed E-state index contributed by atoms with van der Waals surface area (Å²) in [6.45, 7) is 0.914. The lowest BCUT2D eigenvalue weighted by atomic mass is 9.95. The van der Waals surface area contributed by atoms with Crippen LogP contribution in [0.5, 0.6) is 0 Å². The predicted octanol–water partition coefficient (Wildman–Crippen LogP) is 2.94. The molecule has 0 spiro atoms. The second kappa shape index (κ2) is 8.65. The average molecular weight is 384 g/mol. The van der Waals surface area contributed by atoms with Gasteiger partial charge in [0.1, 0.15) is 5.82 Å². The fraction of sp³-hybridized carbons (Fsp3) is 0.286. The third-order valence-corrected chi connectivity index (χ3v) is 4.84. The van der Waals surface area contributed by atoms with Gasteiger partial charge in [-0.05, 0) is 48.7 Å². The van der Waals surface area contributed by atoms with Crippen molar-refractivity contribution in [2.75, 3.05) is 18.4 Å².